The lowest BCUT2D eigenvalue weighted by Crippen LogP contribution is -2.63. The summed E-state index contributed by atoms with van der Waals surface area (Å²) in [6.07, 6.45) is 3.70. The molecule has 1 unspecified atom stereocenters. The number of rotatable bonds is 4. The van der Waals surface area contributed by atoms with Gasteiger partial charge < -0.3 is 20.1 Å². The zero-order chi connectivity index (χ0) is 25.2. The van der Waals surface area contributed by atoms with E-state index in [4.69, 9.17) is 4.74 Å². The lowest BCUT2D eigenvalue weighted by molar-refractivity contribution is -0.139. The lowest BCUT2D eigenvalue weighted by Gasteiger charge is -2.60. The smallest absolute Gasteiger partial charge is 0.157 e. The fourth-order valence-electron chi connectivity index (χ4n) is 6.80. The van der Waals surface area contributed by atoms with Crippen LogP contribution in [0.2, 0.25) is 0 Å². The minimum Gasteiger partial charge on any atom is -0.507 e. The second-order valence-electron chi connectivity index (χ2n) is 11.3. The highest BCUT2D eigenvalue weighted by Gasteiger charge is 2.63. The fraction of sp³-hybridized carbons (Fsp3) is 0.571. The molecule has 0 radical (unpaired) electrons. The Hall–Kier alpha value is -2.60. The van der Waals surface area contributed by atoms with E-state index in [9.17, 15) is 24.9 Å². The van der Waals surface area contributed by atoms with Crippen molar-refractivity contribution in [3.63, 3.8) is 0 Å². The van der Waals surface area contributed by atoms with Crippen LogP contribution in [0.15, 0.2) is 23.3 Å². The van der Waals surface area contributed by atoms with Crippen LogP contribution in [0.4, 0.5) is 0 Å². The van der Waals surface area contributed by atoms with E-state index in [2.05, 4.69) is 27.4 Å². The summed E-state index contributed by atoms with van der Waals surface area (Å²) >= 11 is 0. The van der Waals surface area contributed by atoms with E-state index >= 15 is 0 Å². The number of allylic oxidation sites excluding steroid dienone is 1. The van der Waals surface area contributed by atoms with Crippen LogP contribution in [-0.4, -0.2) is 39.6 Å². The summed E-state index contributed by atoms with van der Waals surface area (Å²) in [5.41, 5.74) is 1.46. The number of aldehydes is 2. The van der Waals surface area contributed by atoms with Gasteiger partial charge in [-0.1, -0.05) is 38.5 Å². The number of carbonyl (C=O) groups is 2. The number of phenols is 2. The molecule has 0 spiro atoms. The van der Waals surface area contributed by atoms with Gasteiger partial charge in [-0.2, -0.15) is 0 Å². The highest BCUT2D eigenvalue weighted by Crippen LogP contribution is 2.65. The topological polar surface area (TPSA) is 104 Å². The maximum Gasteiger partial charge on any atom is 0.157 e. The normalized spacial score (nSPS) is 32.4. The number of benzene rings is 1. The molecule has 4 rings (SSSR count). The van der Waals surface area contributed by atoms with Crippen LogP contribution in [0.3, 0.4) is 0 Å². The molecule has 6 heteroatoms. The third kappa shape index (κ3) is 3.25. The number of ether oxygens (including phenoxy) is 1. The first kappa shape index (κ1) is 24.5. The first-order valence-corrected chi connectivity index (χ1v) is 12.2. The van der Waals surface area contributed by atoms with Crippen molar-refractivity contribution in [2.24, 2.45) is 17.3 Å². The highest BCUT2D eigenvalue weighted by atomic mass is 16.5. The van der Waals surface area contributed by atoms with Crippen molar-refractivity contribution < 1.29 is 29.6 Å². The molecule has 1 heterocycles. The second kappa shape index (κ2) is 8.26. The Morgan fingerprint density at radius 3 is 2.32 bits per heavy atom. The van der Waals surface area contributed by atoms with Gasteiger partial charge in [0.1, 0.15) is 23.4 Å². The van der Waals surface area contributed by atoms with Gasteiger partial charge in [-0.25, -0.2) is 0 Å². The quantitative estimate of drug-likeness (QED) is 0.401. The Morgan fingerprint density at radius 2 is 1.76 bits per heavy atom. The minimum atomic E-state index is -1.12. The molecular formula is C28H36O6. The third-order valence-electron chi connectivity index (χ3n) is 8.68. The van der Waals surface area contributed by atoms with Gasteiger partial charge in [0.2, 0.25) is 0 Å². The molecule has 5 atom stereocenters. The summed E-state index contributed by atoms with van der Waals surface area (Å²) in [6, 6.07) is 0. The van der Waals surface area contributed by atoms with E-state index in [0.29, 0.717) is 43.8 Å². The standard InChI is InChI=1S/C28H36O6/c1-14(2)11-20-21-24(32)18(12-29)23(31)19(13-30)25(21)34-26-22-17(15(3)4)8-7-16(5)28(22,33)10-9-27(20,26)6/h12-14,20,22,26,31-33H,5,7-11H2,1-4,6H3/t20-,22?,26+,27-,28-/m1/s1. The largest absolute Gasteiger partial charge is 0.507 e. The molecule has 3 N–H and O–H groups in total. The third-order valence-corrected chi connectivity index (χ3v) is 8.68. The molecule has 6 nitrogen and oxygen atoms in total. The van der Waals surface area contributed by atoms with Crippen LogP contribution in [0.1, 0.15) is 98.9 Å². The molecule has 2 saturated carbocycles. The predicted octanol–water partition coefficient (Wildman–Crippen LogP) is 5.45. The summed E-state index contributed by atoms with van der Waals surface area (Å²) in [5.74, 6) is -1.11. The summed E-state index contributed by atoms with van der Waals surface area (Å²) < 4.78 is 6.59. The molecule has 0 amide bonds. The monoisotopic (exact) mass is 468 g/mol. The molecule has 184 valence electrons. The van der Waals surface area contributed by atoms with E-state index in [1.165, 1.54) is 0 Å². The van der Waals surface area contributed by atoms with Crippen LogP contribution in [0.5, 0.6) is 17.2 Å². The second-order valence-corrected chi connectivity index (χ2v) is 11.3. The van der Waals surface area contributed by atoms with Gasteiger partial charge >= 0.3 is 0 Å². The van der Waals surface area contributed by atoms with Crippen LogP contribution in [-0.2, 0) is 0 Å². The van der Waals surface area contributed by atoms with Crippen molar-refractivity contribution >= 4 is 12.6 Å². The minimum absolute atomic E-state index is 0.122. The van der Waals surface area contributed by atoms with E-state index in [1.807, 2.05) is 13.8 Å². The molecule has 2 aliphatic carbocycles. The van der Waals surface area contributed by atoms with Crippen LogP contribution in [0, 0.1) is 17.3 Å². The number of fused-ring (bicyclic) bond motifs is 4. The van der Waals surface area contributed by atoms with Gasteiger partial charge in [-0.05, 0) is 57.4 Å². The molecule has 1 aliphatic heterocycles. The molecule has 34 heavy (non-hydrogen) atoms. The summed E-state index contributed by atoms with van der Waals surface area (Å²) in [4.78, 5) is 23.9. The van der Waals surface area contributed by atoms with Crippen molar-refractivity contribution in [2.75, 3.05) is 0 Å². The molecule has 3 aliphatic rings. The van der Waals surface area contributed by atoms with Gasteiger partial charge in [-0.15, -0.1) is 0 Å². The summed E-state index contributed by atoms with van der Waals surface area (Å²) in [6.45, 7) is 14.6. The number of phenolic OH excluding ortho intramolecular Hbond substituents is 2. The maximum absolute atomic E-state index is 12.1. The predicted molar refractivity (Wildman–Crippen MR) is 130 cm³/mol. The SMILES string of the molecule is C=C1CCC(=C(C)C)C2[C@@H]3Oc4c(C=O)c(O)c(C=O)c(O)c4[C@@H](CC(C)C)[C@@]3(C)CC[C@@]12O. The zero-order valence-corrected chi connectivity index (χ0v) is 20.8. The molecule has 2 fully saturated rings. The van der Waals surface area contributed by atoms with Crippen molar-refractivity contribution in [1.29, 1.82) is 0 Å². The van der Waals surface area contributed by atoms with E-state index in [1.54, 1.807) is 0 Å². The van der Waals surface area contributed by atoms with Gasteiger partial charge in [0.25, 0.3) is 0 Å². The number of aromatic hydroxyl groups is 2. The molecule has 1 aromatic rings. The van der Waals surface area contributed by atoms with Crippen molar-refractivity contribution in [2.45, 2.75) is 84.3 Å². The van der Waals surface area contributed by atoms with Gasteiger partial charge in [0.15, 0.2) is 12.6 Å². The van der Waals surface area contributed by atoms with E-state index < -0.39 is 22.9 Å². The van der Waals surface area contributed by atoms with Gasteiger partial charge in [0, 0.05) is 16.9 Å². The van der Waals surface area contributed by atoms with Gasteiger partial charge in [0.05, 0.1) is 22.6 Å². The highest BCUT2D eigenvalue weighted by molar-refractivity contribution is 5.95. The first-order valence-electron chi connectivity index (χ1n) is 12.2. The van der Waals surface area contributed by atoms with E-state index in [0.717, 1.165) is 23.1 Å². The van der Waals surface area contributed by atoms with Crippen LogP contribution < -0.4 is 4.74 Å². The van der Waals surface area contributed by atoms with E-state index in [-0.39, 0.29) is 40.4 Å². The number of hydrogen-bond acceptors (Lipinski definition) is 6. The summed E-state index contributed by atoms with van der Waals surface area (Å²) in [7, 11) is 0. The molecule has 1 aromatic carbocycles. The lowest BCUT2D eigenvalue weighted by atomic mass is 9.49. The average Bonchev–Trinajstić information content (AvgIpc) is 2.76. The Morgan fingerprint density at radius 1 is 1.12 bits per heavy atom. The number of carbonyl (C=O) groups excluding carboxylic acids is 2. The van der Waals surface area contributed by atoms with Crippen LogP contribution >= 0.6 is 0 Å². The zero-order valence-electron chi connectivity index (χ0n) is 20.8. The van der Waals surface area contributed by atoms with Crippen molar-refractivity contribution in [1.82, 2.24) is 0 Å². The Kier molecular flexibility index (Phi) is 5.96. The Bertz CT molecular complexity index is 1090. The van der Waals surface area contributed by atoms with Crippen LogP contribution in [0.25, 0.3) is 0 Å². The number of hydrogen-bond donors (Lipinski definition) is 3. The fourth-order valence-corrected chi connectivity index (χ4v) is 6.80. The molecule has 0 aromatic heterocycles. The first-order chi connectivity index (χ1) is 15.9. The Balaban J connectivity index is 2.04. The molecular weight excluding hydrogens is 432 g/mol. The van der Waals surface area contributed by atoms with Crippen molar-refractivity contribution in [3.8, 4) is 17.2 Å². The summed E-state index contributed by atoms with van der Waals surface area (Å²) in [5, 5.41) is 33.7. The molecule has 0 bridgehead atoms. The average molecular weight is 469 g/mol. The number of aliphatic hydroxyl groups is 1. The van der Waals surface area contributed by atoms with Crippen molar-refractivity contribution in [3.05, 3.63) is 40.0 Å². The van der Waals surface area contributed by atoms with Gasteiger partial charge in [-0.3, -0.25) is 9.59 Å². The maximum atomic E-state index is 12.1. The Labute approximate surface area is 201 Å². The molecule has 0 saturated heterocycles.